The highest BCUT2D eigenvalue weighted by atomic mass is 32.2. The predicted octanol–water partition coefficient (Wildman–Crippen LogP) is 4.67. The minimum absolute atomic E-state index is 0.00793. The number of halogens is 1. The van der Waals surface area contributed by atoms with Crippen molar-refractivity contribution in [2.45, 2.75) is 25.7 Å². The van der Waals surface area contributed by atoms with Gasteiger partial charge in [-0.2, -0.15) is 4.31 Å². The molecule has 0 heterocycles. The number of nitrogens with zero attached hydrogens (tertiary/aromatic N) is 2. The van der Waals surface area contributed by atoms with E-state index >= 15 is 0 Å². The van der Waals surface area contributed by atoms with Crippen LogP contribution in [0.4, 0.5) is 4.39 Å². The topological polar surface area (TPSA) is 86.8 Å². The Balaban J connectivity index is 1.69. The normalized spacial score (nSPS) is 12.1. The summed E-state index contributed by atoms with van der Waals surface area (Å²) >= 11 is 0. The van der Waals surface area contributed by atoms with Gasteiger partial charge in [-0.05, 0) is 34.4 Å². The molecule has 212 valence electrons. The molecular formula is C32H32FN3O4S. The Morgan fingerprint density at radius 3 is 1.80 bits per heavy atom. The summed E-state index contributed by atoms with van der Waals surface area (Å²) in [6.07, 6.45) is 1.05. The maximum atomic E-state index is 14.0. The number of sulfonamides is 1. The zero-order chi connectivity index (χ0) is 29.2. The molecule has 0 fully saturated rings. The molecule has 0 bridgehead atoms. The summed E-state index contributed by atoms with van der Waals surface area (Å²) in [7, 11) is -3.79. The Labute approximate surface area is 240 Å². The second-order valence-corrected chi connectivity index (χ2v) is 11.7. The Morgan fingerprint density at radius 2 is 1.24 bits per heavy atom. The number of amides is 2. The molecule has 9 heteroatoms. The van der Waals surface area contributed by atoms with Crippen LogP contribution in [-0.2, 0) is 39.2 Å². The lowest BCUT2D eigenvalue weighted by Gasteiger charge is -2.33. The molecule has 1 N–H and O–H groups in total. The van der Waals surface area contributed by atoms with Crippen LogP contribution in [0.1, 0.15) is 28.3 Å². The van der Waals surface area contributed by atoms with Gasteiger partial charge in [-0.1, -0.05) is 103 Å². The molecule has 0 radical (unpaired) electrons. The molecule has 7 nitrogen and oxygen atoms in total. The fraction of sp³-hybridized carbons (Fsp3) is 0.188. The van der Waals surface area contributed by atoms with E-state index in [2.05, 4.69) is 5.32 Å². The van der Waals surface area contributed by atoms with Gasteiger partial charge in [-0.25, -0.2) is 12.8 Å². The highest BCUT2D eigenvalue weighted by Crippen LogP contribution is 2.25. The lowest BCUT2D eigenvalue weighted by atomic mass is 10.0. The minimum Gasteiger partial charge on any atom is -0.350 e. The summed E-state index contributed by atoms with van der Waals surface area (Å²) in [5, 5.41) is 2.93. The van der Waals surface area contributed by atoms with E-state index in [1.165, 1.54) is 29.2 Å². The van der Waals surface area contributed by atoms with Crippen LogP contribution in [-0.4, -0.2) is 42.2 Å². The van der Waals surface area contributed by atoms with Crippen molar-refractivity contribution in [3.63, 3.8) is 0 Å². The van der Waals surface area contributed by atoms with Gasteiger partial charge in [0.25, 0.3) is 0 Å². The van der Waals surface area contributed by atoms with Crippen LogP contribution in [0.2, 0.25) is 0 Å². The lowest BCUT2D eigenvalue weighted by Crippen LogP contribution is -2.47. The zero-order valence-electron chi connectivity index (χ0n) is 22.7. The first-order valence-electron chi connectivity index (χ1n) is 13.1. The van der Waals surface area contributed by atoms with Crippen LogP contribution in [0.15, 0.2) is 115 Å². The quantitative estimate of drug-likeness (QED) is 0.267. The first kappa shape index (κ1) is 29.6. The van der Waals surface area contributed by atoms with E-state index < -0.39 is 40.2 Å². The molecule has 1 atom stereocenters. The molecule has 1 unspecified atom stereocenters. The van der Waals surface area contributed by atoms with E-state index in [0.29, 0.717) is 11.1 Å². The number of benzene rings is 4. The smallest absolute Gasteiger partial charge is 0.247 e. The van der Waals surface area contributed by atoms with Crippen molar-refractivity contribution in [3.8, 4) is 0 Å². The summed E-state index contributed by atoms with van der Waals surface area (Å²) in [6.45, 7) is -0.290. The van der Waals surface area contributed by atoms with E-state index in [-0.39, 0.29) is 19.6 Å². The predicted molar refractivity (Wildman–Crippen MR) is 156 cm³/mol. The summed E-state index contributed by atoms with van der Waals surface area (Å²) in [4.78, 5) is 29.2. The largest absolute Gasteiger partial charge is 0.350 e. The van der Waals surface area contributed by atoms with Crippen molar-refractivity contribution in [1.29, 1.82) is 0 Å². The van der Waals surface area contributed by atoms with Crippen LogP contribution >= 0.6 is 0 Å². The van der Waals surface area contributed by atoms with Gasteiger partial charge in [0.15, 0.2) is 0 Å². The van der Waals surface area contributed by atoms with Crippen molar-refractivity contribution in [3.05, 3.63) is 143 Å². The average Bonchev–Trinajstić information content (AvgIpc) is 2.97. The Bertz CT molecular complexity index is 1530. The van der Waals surface area contributed by atoms with Crippen LogP contribution in [0.25, 0.3) is 0 Å². The van der Waals surface area contributed by atoms with Crippen LogP contribution < -0.4 is 5.32 Å². The highest BCUT2D eigenvalue weighted by molar-refractivity contribution is 7.88. The van der Waals surface area contributed by atoms with Crippen molar-refractivity contribution in [1.82, 2.24) is 14.5 Å². The SMILES string of the molecule is CS(=O)(=O)N(CC(=O)N(Cc1ccc(F)cc1)C(C(=O)NCc1ccccc1)c1ccccc1)Cc1ccccc1. The van der Waals surface area contributed by atoms with E-state index in [4.69, 9.17) is 0 Å². The van der Waals surface area contributed by atoms with Gasteiger partial charge in [0.1, 0.15) is 11.9 Å². The molecule has 0 aliphatic carbocycles. The van der Waals surface area contributed by atoms with Crippen LogP contribution in [0.5, 0.6) is 0 Å². The van der Waals surface area contributed by atoms with Gasteiger partial charge in [0, 0.05) is 19.6 Å². The van der Waals surface area contributed by atoms with E-state index in [0.717, 1.165) is 21.7 Å². The highest BCUT2D eigenvalue weighted by Gasteiger charge is 2.33. The van der Waals surface area contributed by atoms with Gasteiger partial charge in [-0.15, -0.1) is 0 Å². The van der Waals surface area contributed by atoms with E-state index in [9.17, 15) is 22.4 Å². The summed E-state index contributed by atoms with van der Waals surface area (Å²) in [6, 6.07) is 31.8. The minimum atomic E-state index is -3.79. The molecular weight excluding hydrogens is 541 g/mol. The van der Waals surface area contributed by atoms with Gasteiger partial charge < -0.3 is 10.2 Å². The van der Waals surface area contributed by atoms with Gasteiger partial charge >= 0.3 is 0 Å². The maximum Gasteiger partial charge on any atom is 0.247 e. The number of nitrogens with one attached hydrogen (secondary N) is 1. The Morgan fingerprint density at radius 1 is 0.732 bits per heavy atom. The second-order valence-electron chi connectivity index (χ2n) is 9.68. The third kappa shape index (κ3) is 8.57. The second kappa shape index (κ2) is 13.8. The van der Waals surface area contributed by atoms with Crippen LogP contribution in [0, 0.1) is 5.82 Å². The maximum absolute atomic E-state index is 14.0. The van der Waals surface area contributed by atoms with Crippen molar-refractivity contribution in [2.75, 3.05) is 12.8 Å². The molecule has 2 amide bonds. The molecule has 0 spiro atoms. The average molecular weight is 574 g/mol. The first-order valence-corrected chi connectivity index (χ1v) is 14.9. The molecule has 4 aromatic rings. The summed E-state index contributed by atoms with van der Waals surface area (Å²) in [5.74, 6) is -1.43. The number of carbonyl (C=O) groups is 2. The Hall–Kier alpha value is -4.34. The fourth-order valence-electron chi connectivity index (χ4n) is 4.42. The summed E-state index contributed by atoms with van der Waals surface area (Å²) in [5.41, 5.74) is 2.75. The molecule has 0 aliphatic rings. The molecule has 4 rings (SSSR count). The first-order chi connectivity index (χ1) is 19.7. The number of hydrogen-bond donors (Lipinski definition) is 1. The number of carbonyl (C=O) groups excluding carboxylic acids is 2. The zero-order valence-corrected chi connectivity index (χ0v) is 23.5. The monoisotopic (exact) mass is 573 g/mol. The van der Waals surface area contributed by atoms with E-state index in [1.807, 2.05) is 36.4 Å². The van der Waals surface area contributed by atoms with Crippen molar-refractivity contribution < 1.29 is 22.4 Å². The van der Waals surface area contributed by atoms with Crippen molar-refractivity contribution >= 4 is 21.8 Å². The van der Waals surface area contributed by atoms with Crippen molar-refractivity contribution in [2.24, 2.45) is 0 Å². The fourth-order valence-corrected chi connectivity index (χ4v) is 5.15. The summed E-state index contributed by atoms with van der Waals surface area (Å²) < 4.78 is 40.3. The molecule has 0 aliphatic heterocycles. The number of rotatable bonds is 12. The number of hydrogen-bond acceptors (Lipinski definition) is 4. The molecule has 0 aromatic heterocycles. The van der Waals surface area contributed by atoms with Gasteiger partial charge in [0.2, 0.25) is 21.8 Å². The third-order valence-electron chi connectivity index (χ3n) is 6.55. The van der Waals surface area contributed by atoms with Gasteiger partial charge in [-0.3, -0.25) is 9.59 Å². The van der Waals surface area contributed by atoms with Crippen LogP contribution in [0.3, 0.4) is 0 Å². The standard InChI is InChI=1S/C32H32FN3O4S/c1-41(39,40)35(22-26-13-7-3-8-14-26)24-30(37)36(23-27-17-19-29(33)20-18-27)31(28-15-9-4-10-16-28)32(38)34-21-25-11-5-2-6-12-25/h2-20,31H,21-24H2,1H3,(H,34,38). The lowest BCUT2D eigenvalue weighted by molar-refractivity contribution is -0.141. The molecule has 0 saturated carbocycles. The Kier molecular flexibility index (Phi) is 10.00. The molecule has 0 saturated heterocycles. The van der Waals surface area contributed by atoms with Gasteiger partial charge in [0.05, 0.1) is 12.8 Å². The third-order valence-corrected chi connectivity index (χ3v) is 7.75. The molecule has 41 heavy (non-hydrogen) atoms. The molecule has 4 aromatic carbocycles. The van der Waals surface area contributed by atoms with E-state index in [1.54, 1.807) is 54.6 Å².